The van der Waals surface area contributed by atoms with Crippen molar-refractivity contribution in [3.05, 3.63) is 18.2 Å². The van der Waals surface area contributed by atoms with Crippen LogP contribution in [0.1, 0.15) is 33.6 Å². The first-order valence-corrected chi connectivity index (χ1v) is 6.49. The summed E-state index contributed by atoms with van der Waals surface area (Å²) in [5.41, 5.74) is 0.753. The Morgan fingerprint density at radius 2 is 1.89 bits per heavy atom. The van der Waals surface area contributed by atoms with E-state index < -0.39 is 0 Å². The van der Waals surface area contributed by atoms with Gasteiger partial charge in [0, 0.05) is 18.2 Å². The minimum absolute atomic E-state index is 0.0270. The molecule has 0 fully saturated rings. The summed E-state index contributed by atoms with van der Waals surface area (Å²) < 4.78 is 10.8. The number of ether oxygens (including phenoxy) is 2. The molecule has 1 heterocycles. The highest BCUT2D eigenvalue weighted by atomic mass is 16.6. The monoisotopic (exact) mass is 251 g/mol. The van der Waals surface area contributed by atoms with Crippen LogP contribution in [0.25, 0.3) is 0 Å². The van der Waals surface area contributed by atoms with E-state index in [0.29, 0.717) is 25.4 Å². The minimum Gasteiger partial charge on any atom is -0.486 e. The van der Waals surface area contributed by atoms with Gasteiger partial charge in [-0.3, -0.25) is 4.79 Å². The maximum atomic E-state index is 11.4. The van der Waals surface area contributed by atoms with Crippen molar-refractivity contribution in [1.82, 2.24) is 0 Å². The van der Waals surface area contributed by atoms with Gasteiger partial charge in [0.15, 0.2) is 11.5 Å². The molecule has 1 aliphatic rings. The number of rotatable bonds is 3. The lowest BCUT2D eigenvalue weighted by atomic mass is 10.2. The van der Waals surface area contributed by atoms with E-state index in [1.54, 1.807) is 6.07 Å². The second-order valence-corrected chi connectivity index (χ2v) is 3.66. The van der Waals surface area contributed by atoms with Gasteiger partial charge in [0.05, 0.1) is 0 Å². The van der Waals surface area contributed by atoms with Crippen LogP contribution in [-0.4, -0.2) is 19.1 Å². The standard InChI is InChI=1S/C12H15NO3.C2H6/c1-2-3-12(14)13-9-4-5-10-11(8-9)16-7-6-15-10;1-2/h4-5,8H,2-3,6-7H2,1H3,(H,13,14);1-2H3. The first-order chi connectivity index (χ1) is 8.79. The fourth-order valence-corrected chi connectivity index (χ4v) is 1.57. The Labute approximate surface area is 108 Å². The molecule has 1 aliphatic heterocycles. The topological polar surface area (TPSA) is 47.6 Å². The SMILES string of the molecule is CC.CCCC(=O)Nc1ccc2c(c1)OCCO2. The Morgan fingerprint density at radius 1 is 1.22 bits per heavy atom. The normalized spacial score (nSPS) is 12.2. The number of hydrogen-bond donors (Lipinski definition) is 1. The number of hydrogen-bond acceptors (Lipinski definition) is 3. The van der Waals surface area contributed by atoms with Crippen molar-refractivity contribution in [3.8, 4) is 11.5 Å². The molecule has 0 bridgehead atoms. The Hall–Kier alpha value is -1.71. The molecule has 100 valence electrons. The van der Waals surface area contributed by atoms with Crippen LogP contribution in [0.3, 0.4) is 0 Å². The summed E-state index contributed by atoms with van der Waals surface area (Å²) in [6.07, 6.45) is 1.38. The van der Waals surface area contributed by atoms with E-state index in [1.165, 1.54) is 0 Å². The van der Waals surface area contributed by atoms with Crippen LogP contribution >= 0.6 is 0 Å². The fourth-order valence-electron chi connectivity index (χ4n) is 1.57. The van der Waals surface area contributed by atoms with Gasteiger partial charge in [0.25, 0.3) is 0 Å². The van der Waals surface area contributed by atoms with E-state index in [4.69, 9.17) is 9.47 Å². The van der Waals surface area contributed by atoms with Crippen molar-refractivity contribution >= 4 is 11.6 Å². The maximum absolute atomic E-state index is 11.4. The molecule has 4 nitrogen and oxygen atoms in total. The summed E-state index contributed by atoms with van der Waals surface area (Å²) in [6.45, 7) is 7.11. The second kappa shape index (κ2) is 7.58. The lowest BCUT2D eigenvalue weighted by Crippen LogP contribution is -2.16. The van der Waals surface area contributed by atoms with Crippen molar-refractivity contribution in [2.75, 3.05) is 18.5 Å². The molecule has 0 saturated heterocycles. The maximum Gasteiger partial charge on any atom is 0.224 e. The summed E-state index contributed by atoms with van der Waals surface area (Å²) in [7, 11) is 0. The third-order valence-corrected chi connectivity index (χ3v) is 2.30. The summed E-state index contributed by atoms with van der Waals surface area (Å²) in [5, 5.41) is 2.82. The van der Waals surface area contributed by atoms with E-state index in [9.17, 15) is 4.79 Å². The van der Waals surface area contributed by atoms with Gasteiger partial charge in [-0.2, -0.15) is 0 Å². The number of anilines is 1. The average Bonchev–Trinajstić information content (AvgIpc) is 2.41. The summed E-state index contributed by atoms with van der Waals surface area (Å²) in [4.78, 5) is 11.4. The number of nitrogens with one attached hydrogen (secondary N) is 1. The molecule has 1 aromatic rings. The Kier molecular flexibility index (Phi) is 6.05. The Morgan fingerprint density at radius 3 is 2.56 bits per heavy atom. The Bertz CT molecular complexity index is 391. The molecular weight excluding hydrogens is 230 g/mol. The highest BCUT2D eigenvalue weighted by Gasteiger charge is 2.12. The molecule has 0 unspecified atom stereocenters. The van der Waals surface area contributed by atoms with Gasteiger partial charge in [-0.15, -0.1) is 0 Å². The van der Waals surface area contributed by atoms with Crippen molar-refractivity contribution in [3.63, 3.8) is 0 Å². The van der Waals surface area contributed by atoms with Crippen LogP contribution in [0.2, 0.25) is 0 Å². The molecule has 0 atom stereocenters. The summed E-state index contributed by atoms with van der Waals surface area (Å²) >= 11 is 0. The van der Waals surface area contributed by atoms with Gasteiger partial charge < -0.3 is 14.8 Å². The quantitative estimate of drug-likeness (QED) is 0.897. The zero-order valence-corrected chi connectivity index (χ0v) is 11.3. The first-order valence-electron chi connectivity index (χ1n) is 6.49. The van der Waals surface area contributed by atoms with E-state index in [-0.39, 0.29) is 5.91 Å². The molecule has 18 heavy (non-hydrogen) atoms. The smallest absolute Gasteiger partial charge is 0.224 e. The van der Waals surface area contributed by atoms with Gasteiger partial charge >= 0.3 is 0 Å². The van der Waals surface area contributed by atoms with E-state index in [1.807, 2.05) is 32.9 Å². The van der Waals surface area contributed by atoms with Crippen LogP contribution < -0.4 is 14.8 Å². The highest BCUT2D eigenvalue weighted by molar-refractivity contribution is 5.91. The van der Waals surface area contributed by atoms with Crippen LogP contribution in [0.5, 0.6) is 11.5 Å². The molecule has 0 aliphatic carbocycles. The van der Waals surface area contributed by atoms with Gasteiger partial charge in [0.2, 0.25) is 5.91 Å². The van der Waals surface area contributed by atoms with Crippen molar-refractivity contribution < 1.29 is 14.3 Å². The highest BCUT2D eigenvalue weighted by Crippen LogP contribution is 2.32. The van der Waals surface area contributed by atoms with Crippen molar-refractivity contribution in [1.29, 1.82) is 0 Å². The molecule has 0 spiro atoms. The molecule has 0 radical (unpaired) electrons. The molecule has 2 rings (SSSR count). The summed E-state index contributed by atoms with van der Waals surface area (Å²) in [6, 6.07) is 5.43. The molecule has 1 aromatic carbocycles. The zero-order valence-electron chi connectivity index (χ0n) is 11.3. The van der Waals surface area contributed by atoms with E-state index in [0.717, 1.165) is 17.9 Å². The van der Waals surface area contributed by atoms with E-state index in [2.05, 4.69) is 5.32 Å². The molecular formula is C14H21NO3. The largest absolute Gasteiger partial charge is 0.486 e. The predicted octanol–water partition coefficient (Wildman–Crippen LogP) is 3.22. The van der Waals surface area contributed by atoms with Crippen molar-refractivity contribution in [2.45, 2.75) is 33.6 Å². The summed E-state index contributed by atoms with van der Waals surface area (Å²) in [5.74, 6) is 1.46. The third-order valence-electron chi connectivity index (χ3n) is 2.30. The van der Waals surface area contributed by atoms with Gasteiger partial charge in [0.1, 0.15) is 13.2 Å². The van der Waals surface area contributed by atoms with Crippen LogP contribution in [0, 0.1) is 0 Å². The lowest BCUT2D eigenvalue weighted by Gasteiger charge is -2.18. The third kappa shape index (κ3) is 3.95. The van der Waals surface area contributed by atoms with Crippen LogP contribution in [0.15, 0.2) is 18.2 Å². The minimum atomic E-state index is 0.0270. The second-order valence-electron chi connectivity index (χ2n) is 3.66. The molecule has 0 saturated carbocycles. The number of carbonyl (C=O) groups excluding carboxylic acids is 1. The predicted molar refractivity (Wildman–Crippen MR) is 72.3 cm³/mol. The number of fused-ring (bicyclic) bond motifs is 1. The number of amides is 1. The molecule has 0 aromatic heterocycles. The molecule has 1 N–H and O–H groups in total. The lowest BCUT2D eigenvalue weighted by molar-refractivity contribution is -0.116. The Balaban J connectivity index is 0.000000771. The van der Waals surface area contributed by atoms with Crippen LogP contribution in [-0.2, 0) is 4.79 Å². The van der Waals surface area contributed by atoms with E-state index >= 15 is 0 Å². The zero-order chi connectivity index (χ0) is 13.4. The average molecular weight is 251 g/mol. The molecule has 4 heteroatoms. The number of benzene rings is 1. The fraction of sp³-hybridized carbons (Fsp3) is 0.500. The first kappa shape index (κ1) is 14.4. The molecule has 1 amide bonds. The van der Waals surface area contributed by atoms with Gasteiger partial charge in [-0.05, 0) is 18.6 Å². The van der Waals surface area contributed by atoms with Gasteiger partial charge in [-0.25, -0.2) is 0 Å². The van der Waals surface area contributed by atoms with Crippen molar-refractivity contribution in [2.24, 2.45) is 0 Å². The number of carbonyl (C=O) groups is 1. The van der Waals surface area contributed by atoms with Gasteiger partial charge in [-0.1, -0.05) is 20.8 Å². The van der Waals surface area contributed by atoms with Crippen LogP contribution in [0.4, 0.5) is 5.69 Å².